The lowest BCUT2D eigenvalue weighted by Crippen LogP contribution is -2.38. The Bertz CT molecular complexity index is 1270. The summed E-state index contributed by atoms with van der Waals surface area (Å²) in [5, 5.41) is 4.98. The first-order chi connectivity index (χ1) is 15.5. The largest absolute Gasteiger partial charge is 0.433 e. The molecule has 5 rings (SSSR count). The second-order valence-corrected chi connectivity index (χ2v) is 9.11. The zero-order chi connectivity index (χ0) is 22.1. The van der Waals surface area contributed by atoms with Crippen LogP contribution >= 0.6 is 0 Å². The van der Waals surface area contributed by atoms with Crippen molar-refractivity contribution in [3.05, 3.63) is 77.0 Å². The van der Waals surface area contributed by atoms with Gasteiger partial charge in [-0.1, -0.05) is 42.0 Å². The molecule has 0 spiro atoms. The Morgan fingerprint density at radius 2 is 1.84 bits per heavy atom. The molecule has 1 aliphatic heterocycles. The smallest absolute Gasteiger partial charge is 0.287 e. The number of hydrogen-bond acceptors (Lipinski definition) is 4. The Hall–Kier alpha value is -3.18. The maximum atomic E-state index is 12.7. The number of furan rings is 1. The van der Waals surface area contributed by atoms with Crippen LogP contribution in [0.1, 0.15) is 40.1 Å². The monoisotopic (exact) mass is 427 g/mol. The van der Waals surface area contributed by atoms with E-state index in [1.54, 1.807) is 6.07 Å². The lowest BCUT2D eigenvalue weighted by atomic mass is 9.96. The Balaban J connectivity index is 1.16. The molecule has 0 bridgehead atoms. The molecule has 1 amide bonds. The van der Waals surface area contributed by atoms with Gasteiger partial charge in [-0.2, -0.15) is 0 Å². The Morgan fingerprint density at radius 3 is 2.66 bits per heavy atom. The van der Waals surface area contributed by atoms with Gasteiger partial charge in [-0.3, -0.25) is 9.69 Å². The molecule has 164 valence electrons. The number of rotatable bonds is 5. The number of aromatic nitrogens is 1. The van der Waals surface area contributed by atoms with Crippen LogP contribution in [0.15, 0.2) is 59.0 Å². The topological polar surface area (TPSA) is 58.4 Å². The van der Waals surface area contributed by atoms with Crippen LogP contribution in [-0.2, 0) is 6.54 Å². The van der Waals surface area contributed by atoms with E-state index in [0.29, 0.717) is 23.9 Å². The van der Waals surface area contributed by atoms with Gasteiger partial charge in [0.25, 0.3) is 5.91 Å². The molecule has 4 aromatic rings. The number of piperidine rings is 1. The number of benzene rings is 2. The molecule has 2 aromatic heterocycles. The van der Waals surface area contributed by atoms with Crippen molar-refractivity contribution >= 4 is 27.9 Å². The van der Waals surface area contributed by atoms with Crippen LogP contribution in [0, 0.1) is 19.8 Å². The second kappa shape index (κ2) is 8.75. The van der Waals surface area contributed by atoms with E-state index in [1.807, 2.05) is 19.1 Å². The number of hydrogen-bond donors (Lipinski definition) is 1. The van der Waals surface area contributed by atoms with Crippen molar-refractivity contribution in [1.82, 2.24) is 15.2 Å². The Labute approximate surface area is 188 Å². The highest BCUT2D eigenvalue weighted by Crippen LogP contribution is 2.24. The van der Waals surface area contributed by atoms with Crippen LogP contribution in [0.3, 0.4) is 0 Å². The summed E-state index contributed by atoms with van der Waals surface area (Å²) in [5.41, 5.74) is 5.23. The zero-order valence-corrected chi connectivity index (χ0v) is 18.7. The Morgan fingerprint density at radius 1 is 1.03 bits per heavy atom. The number of pyridine rings is 1. The maximum Gasteiger partial charge on any atom is 0.287 e. The molecule has 1 N–H and O–H groups in total. The average molecular weight is 428 g/mol. The molecule has 0 unspecified atom stereocenters. The van der Waals surface area contributed by atoms with Crippen LogP contribution < -0.4 is 5.32 Å². The van der Waals surface area contributed by atoms with Crippen LogP contribution in [0.25, 0.3) is 22.0 Å². The molecule has 1 fully saturated rings. The number of fused-ring (bicyclic) bond motifs is 2. The van der Waals surface area contributed by atoms with Crippen molar-refractivity contribution in [1.29, 1.82) is 0 Å². The number of carbonyl (C=O) groups is 1. The van der Waals surface area contributed by atoms with E-state index in [2.05, 4.69) is 58.5 Å². The average Bonchev–Trinajstić information content (AvgIpc) is 3.20. The summed E-state index contributed by atoms with van der Waals surface area (Å²) in [6.07, 6.45) is 2.19. The van der Waals surface area contributed by atoms with Gasteiger partial charge in [-0.25, -0.2) is 4.98 Å². The number of likely N-dealkylation sites (tertiary alicyclic amines) is 1. The van der Waals surface area contributed by atoms with E-state index in [-0.39, 0.29) is 5.91 Å². The fourth-order valence-electron chi connectivity index (χ4n) is 4.59. The zero-order valence-electron chi connectivity index (χ0n) is 18.7. The van der Waals surface area contributed by atoms with Crippen LogP contribution in [0.5, 0.6) is 0 Å². The highest BCUT2D eigenvalue weighted by molar-refractivity contribution is 5.98. The van der Waals surface area contributed by atoms with E-state index in [4.69, 9.17) is 4.42 Å². The molecule has 0 atom stereocenters. The van der Waals surface area contributed by atoms with Gasteiger partial charge in [0.15, 0.2) is 5.76 Å². The van der Waals surface area contributed by atoms with Crippen LogP contribution in [0.4, 0.5) is 0 Å². The van der Waals surface area contributed by atoms with Gasteiger partial charge in [0.1, 0.15) is 0 Å². The summed E-state index contributed by atoms with van der Waals surface area (Å²) >= 11 is 0. The van der Waals surface area contributed by atoms with Crippen molar-refractivity contribution in [2.75, 3.05) is 19.6 Å². The van der Waals surface area contributed by atoms with Gasteiger partial charge in [0.2, 0.25) is 5.71 Å². The molecule has 0 radical (unpaired) electrons. The number of carbonyl (C=O) groups excluding carboxylic acids is 1. The lowest BCUT2D eigenvalue weighted by molar-refractivity contribution is 0.0909. The minimum Gasteiger partial charge on any atom is -0.433 e. The molecule has 1 saturated heterocycles. The number of aryl methyl sites for hydroxylation is 2. The predicted octanol–water partition coefficient (Wildman–Crippen LogP) is 5.24. The van der Waals surface area contributed by atoms with Crippen molar-refractivity contribution in [2.45, 2.75) is 33.2 Å². The summed E-state index contributed by atoms with van der Waals surface area (Å²) in [6.45, 7) is 7.99. The quantitative estimate of drug-likeness (QED) is 0.473. The fraction of sp³-hybridized carbons (Fsp3) is 0.333. The third kappa shape index (κ3) is 4.53. The molecule has 0 saturated carbocycles. The van der Waals surface area contributed by atoms with Gasteiger partial charge in [-0.05, 0) is 75.0 Å². The second-order valence-electron chi connectivity index (χ2n) is 9.11. The normalized spacial score (nSPS) is 15.4. The van der Waals surface area contributed by atoms with E-state index >= 15 is 0 Å². The summed E-state index contributed by atoms with van der Waals surface area (Å²) in [4.78, 5) is 19.8. The number of amides is 1. The van der Waals surface area contributed by atoms with Gasteiger partial charge in [0, 0.05) is 23.9 Å². The predicted molar refractivity (Wildman–Crippen MR) is 128 cm³/mol. The summed E-state index contributed by atoms with van der Waals surface area (Å²) in [7, 11) is 0. The van der Waals surface area contributed by atoms with E-state index < -0.39 is 0 Å². The molecule has 5 nitrogen and oxygen atoms in total. The molecular formula is C27H29N3O2. The summed E-state index contributed by atoms with van der Waals surface area (Å²) < 4.78 is 5.78. The molecule has 0 aliphatic carbocycles. The van der Waals surface area contributed by atoms with Crippen molar-refractivity contribution in [3.8, 4) is 0 Å². The van der Waals surface area contributed by atoms with Gasteiger partial charge >= 0.3 is 0 Å². The highest BCUT2D eigenvalue weighted by atomic mass is 16.4. The van der Waals surface area contributed by atoms with Gasteiger partial charge in [-0.15, -0.1) is 0 Å². The summed E-state index contributed by atoms with van der Waals surface area (Å²) in [5.74, 6) is 0.669. The highest BCUT2D eigenvalue weighted by Gasteiger charge is 2.21. The lowest BCUT2D eigenvalue weighted by Gasteiger charge is -2.32. The molecular weight excluding hydrogens is 398 g/mol. The number of nitrogens with one attached hydrogen (secondary N) is 1. The molecule has 1 aliphatic rings. The van der Waals surface area contributed by atoms with Crippen molar-refractivity contribution in [2.24, 2.45) is 5.92 Å². The van der Waals surface area contributed by atoms with E-state index in [1.165, 1.54) is 11.1 Å². The molecule has 2 aromatic carbocycles. The third-order valence-electron chi connectivity index (χ3n) is 6.43. The van der Waals surface area contributed by atoms with Crippen LogP contribution in [0.2, 0.25) is 0 Å². The van der Waals surface area contributed by atoms with Crippen molar-refractivity contribution < 1.29 is 9.21 Å². The van der Waals surface area contributed by atoms with Gasteiger partial charge in [0.05, 0.1) is 5.52 Å². The third-order valence-corrected chi connectivity index (χ3v) is 6.43. The Kier molecular flexibility index (Phi) is 5.66. The van der Waals surface area contributed by atoms with E-state index in [9.17, 15) is 4.79 Å². The summed E-state index contributed by atoms with van der Waals surface area (Å²) in [6, 6.07) is 18.7. The van der Waals surface area contributed by atoms with Crippen molar-refractivity contribution in [3.63, 3.8) is 0 Å². The number of nitrogens with zero attached hydrogens (tertiary/aromatic N) is 2. The minimum atomic E-state index is -0.162. The molecule has 5 heteroatoms. The van der Waals surface area contributed by atoms with E-state index in [0.717, 1.165) is 54.3 Å². The standard InChI is InChI=1S/C27H29N3O2/c1-18-4-3-5-21(12-18)17-30-10-8-20(9-11-30)16-28-26(31)25-15-23-14-22-7-6-19(2)13-24(22)29-27(23)32-25/h3-7,12-15,20H,8-11,16-17H2,1-2H3,(H,28,31). The minimum absolute atomic E-state index is 0.162. The maximum absolute atomic E-state index is 12.7. The first-order valence-corrected chi connectivity index (χ1v) is 11.4. The first kappa shape index (κ1) is 20.7. The fourth-order valence-corrected chi connectivity index (χ4v) is 4.59. The molecule has 32 heavy (non-hydrogen) atoms. The first-order valence-electron chi connectivity index (χ1n) is 11.4. The van der Waals surface area contributed by atoms with Crippen LogP contribution in [-0.4, -0.2) is 35.4 Å². The van der Waals surface area contributed by atoms with Gasteiger partial charge < -0.3 is 9.73 Å². The SMILES string of the molecule is Cc1cccc(CN2CCC(CNC(=O)c3cc4cc5ccc(C)cc5nc4o3)CC2)c1. The molecule has 3 heterocycles.